The zero-order valence-corrected chi connectivity index (χ0v) is 14.5. The van der Waals surface area contributed by atoms with Gasteiger partial charge in [-0.1, -0.05) is 12.1 Å². The number of carbonyl (C=O) groups excluding carboxylic acids is 1. The summed E-state index contributed by atoms with van der Waals surface area (Å²) in [6, 6.07) is 10.9. The normalized spacial score (nSPS) is 14.0. The minimum Gasteiger partial charge on any atom is -0.395 e. The van der Waals surface area contributed by atoms with Gasteiger partial charge >= 0.3 is 6.29 Å². The van der Waals surface area contributed by atoms with Crippen LogP contribution in [0.3, 0.4) is 0 Å². The molecule has 1 N–H and O–H groups in total. The topological polar surface area (TPSA) is 60.5 Å². The molecule has 4 rings (SSSR count). The average molecular weight is 386 g/mol. The van der Waals surface area contributed by atoms with Crippen molar-refractivity contribution in [3.8, 4) is 22.6 Å². The third kappa shape index (κ3) is 3.36. The van der Waals surface area contributed by atoms with E-state index in [9.17, 15) is 18.0 Å². The number of aryl methyl sites for hydroxylation is 1. The molecule has 28 heavy (non-hydrogen) atoms. The van der Waals surface area contributed by atoms with Crippen LogP contribution < -0.4 is 14.8 Å². The number of benzene rings is 2. The van der Waals surface area contributed by atoms with Gasteiger partial charge in [-0.3, -0.25) is 9.78 Å². The molecule has 0 spiro atoms. The standard InChI is InChI=1S/C20H13F3N2O3/c1-11-8-17-18(28-20(22,23)27-17)9-15(11)12-2-4-13(5-3-12)25-19(26)14-6-7-24-10-16(14)21/h2-10H,1H3,(H,25,26). The Hall–Kier alpha value is -3.55. The molecule has 8 heteroatoms. The van der Waals surface area contributed by atoms with Crippen molar-refractivity contribution in [3.63, 3.8) is 0 Å². The number of amides is 1. The van der Waals surface area contributed by atoms with Crippen molar-refractivity contribution in [1.29, 1.82) is 0 Å². The number of carbonyl (C=O) groups is 1. The molecular weight excluding hydrogens is 373 g/mol. The first-order valence-corrected chi connectivity index (χ1v) is 8.24. The summed E-state index contributed by atoms with van der Waals surface area (Å²) >= 11 is 0. The number of aromatic nitrogens is 1. The molecule has 0 radical (unpaired) electrons. The van der Waals surface area contributed by atoms with E-state index < -0.39 is 18.0 Å². The second-order valence-corrected chi connectivity index (χ2v) is 6.17. The van der Waals surface area contributed by atoms with Gasteiger partial charge in [0, 0.05) is 11.9 Å². The second-order valence-electron chi connectivity index (χ2n) is 6.17. The fraction of sp³-hybridized carbons (Fsp3) is 0.100. The van der Waals surface area contributed by atoms with Gasteiger partial charge in [0.1, 0.15) is 0 Å². The third-order valence-corrected chi connectivity index (χ3v) is 4.22. The summed E-state index contributed by atoms with van der Waals surface area (Å²) < 4.78 is 49.0. The van der Waals surface area contributed by atoms with E-state index in [0.717, 1.165) is 17.3 Å². The fourth-order valence-electron chi connectivity index (χ4n) is 2.90. The van der Waals surface area contributed by atoms with Gasteiger partial charge < -0.3 is 14.8 Å². The van der Waals surface area contributed by atoms with Crippen molar-refractivity contribution in [2.75, 3.05) is 5.32 Å². The summed E-state index contributed by atoms with van der Waals surface area (Å²) in [5, 5.41) is 2.59. The maximum absolute atomic E-state index is 13.6. The molecule has 5 nitrogen and oxygen atoms in total. The van der Waals surface area contributed by atoms with Crippen LogP contribution in [0.5, 0.6) is 11.5 Å². The molecule has 0 aliphatic carbocycles. The quantitative estimate of drug-likeness (QED) is 0.705. The summed E-state index contributed by atoms with van der Waals surface area (Å²) in [5.41, 5.74) is 2.46. The van der Waals surface area contributed by atoms with E-state index in [4.69, 9.17) is 0 Å². The second kappa shape index (κ2) is 6.56. The number of fused-ring (bicyclic) bond motifs is 1. The van der Waals surface area contributed by atoms with Crippen LogP contribution in [0.1, 0.15) is 15.9 Å². The molecule has 3 aromatic rings. The van der Waals surface area contributed by atoms with E-state index in [-0.39, 0.29) is 17.1 Å². The smallest absolute Gasteiger partial charge is 0.395 e. The van der Waals surface area contributed by atoms with Crippen LogP contribution in [0.25, 0.3) is 11.1 Å². The zero-order valence-electron chi connectivity index (χ0n) is 14.5. The van der Waals surface area contributed by atoms with Gasteiger partial charge in [0.2, 0.25) is 0 Å². The molecular formula is C20H13F3N2O3. The number of pyridine rings is 1. The Balaban J connectivity index is 1.56. The number of anilines is 1. The van der Waals surface area contributed by atoms with E-state index in [1.54, 1.807) is 31.2 Å². The molecule has 0 atom stereocenters. The molecule has 1 amide bonds. The Labute approximate surface area is 157 Å². The van der Waals surface area contributed by atoms with E-state index in [1.807, 2.05) is 0 Å². The Morgan fingerprint density at radius 3 is 2.43 bits per heavy atom. The summed E-state index contributed by atoms with van der Waals surface area (Å²) in [6.07, 6.45) is -1.39. The van der Waals surface area contributed by atoms with Crippen molar-refractivity contribution in [1.82, 2.24) is 4.98 Å². The molecule has 0 bridgehead atoms. The average Bonchev–Trinajstić information content (AvgIpc) is 2.95. The van der Waals surface area contributed by atoms with Gasteiger partial charge in [0.25, 0.3) is 5.91 Å². The predicted octanol–water partition coefficient (Wildman–Crippen LogP) is 4.77. The van der Waals surface area contributed by atoms with E-state index >= 15 is 0 Å². The maximum Gasteiger partial charge on any atom is 0.586 e. The van der Waals surface area contributed by atoms with Crippen molar-refractivity contribution in [2.45, 2.75) is 13.2 Å². The van der Waals surface area contributed by atoms with Crippen LogP contribution in [-0.2, 0) is 0 Å². The predicted molar refractivity (Wildman–Crippen MR) is 95.0 cm³/mol. The Morgan fingerprint density at radius 2 is 1.75 bits per heavy atom. The molecule has 142 valence electrons. The number of hydrogen-bond donors (Lipinski definition) is 1. The molecule has 1 aliphatic heterocycles. The molecule has 2 aromatic carbocycles. The third-order valence-electron chi connectivity index (χ3n) is 4.22. The Bertz CT molecular complexity index is 1070. The lowest BCUT2D eigenvalue weighted by Gasteiger charge is -2.10. The Kier molecular flexibility index (Phi) is 4.18. The van der Waals surface area contributed by atoms with Gasteiger partial charge in [-0.2, -0.15) is 0 Å². The lowest BCUT2D eigenvalue weighted by Crippen LogP contribution is -2.25. The number of hydrogen-bond acceptors (Lipinski definition) is 4. The molecule has 0 saturated heterocycles. The zero-order chi connectivity index (χ0) is 19.9. The number of halogens is 3. The van der Waals surface area contributed by atoms with Gasteiger partial charge in [0.15, 0.2) is 17.3 Å². The summed E-state index contributed by atoms with van der Waals surface area (Å²) in [6.45, 7) is 1.76. The highest BCUT2D eigenvalue weighted by atomic mass is 19.3. The van der Waals surface area contributed by atoms with Gasteiger partial charge in [-0.15, -0.1) is 8.78 Å². The van der Waals surface area contributed by atoms with Crippen LogP contribution in [0.4, 0.5) is 18.9 Å². The number of nitrogens with zero attached hydrogens (tertiary/aromatic N) is 1. The molecule has 0 saturated carbocycles. The van der Waals surface area contributed by atoms with Crippen molar-refractivity contribution >= 4 is 11.6 Å². The van der Waals surface area contributed by atoms with E-state index in [0.29, 0.717) is 11.3 Å². The highest BCUT2D eigenvalue weighted by Gasteiger charge is 2.43. The van der Waals surface area contributed by atoms with Crippen molar-refractivity contribution < 1.29 is 27.4 Å². The van der Waals surface area contributed by atoms with Crippen molar-refractivity contribution in [3.05, 3.63) is 71.8 Å². The first-order valence-electron chi connectivity index (χ1n) is 8.24. The summed E-state index contributed by atoms with van der Waals surface area (Å²) in [7, 11) is 0. The lowest BCUT2D eigenvalue weighted by molar-refractivity contribution is -0.286. The van der Waals surface area contributed by atoms with Crippen LogP contribution in [0, 0.1) is 12.7 Å². The largest absolute Gasteiger partial charge is 0.586 e. The first kappa shape index (κ1) is 17.8. The maximum atomic E-state index is 13.6. The summed E-state index contributed by atoms with van der Waals surface area (Å²) in [4.78, 5) is 15.8. The van der Waals surface area contributed by atoms with Crippen LogP contribution in [0.2, 0.25) is 0 Å². The minimum atomic E-state index is -3.68. The van der Waals surface area contributed by atoms with E-state index in [1.165, 1.54) is 24.4 Å². The number of alkyl halides is 2. The van der Waals surface area contributed by atoms with Crippen LogP contribution >= 0.6 is 0 Å². The molecule has 1 aliphatic rings. The molecule has 0 fully saturated rings. The van der Waals surface area contributed by atoms with Crippen molar-refractivity contribution in [2.24, 2.45) is 0 Å². The number of ether oxygens (including phenoxy) is 2. The van der Waals surface area contributed by atoms with Gasteiger partial charge in [-0.25, -0.2) is 4.39 Å². The molecule has 2 heterocycles. The number of rotatable bonds is 3. The Morgan fingerprint density at radius 1 is 1.07 bits per heavy atom. The van der Waals surface area contributed by atoms with Crippen LogP contribution in [-0.4, -0.2) is 17.2 Å². The molecule has 1 aromatic heterocycles. The number of nitrogens with one attached hydrogen (secondary N) is 1. The lowest BCUT2D eigenvalue weighted by atomic mass is 9.99. The molecule has 0 unspecified atom stereocenters. The monoisotopic (exact) mass is 386 g/mol. The summed E-state index contributed by atoms with van der Waals surface area (Å²) in [5.74, 6) is -1.38. The van der Waals surface area contributed by atoms with Gasteiger partial charge in [0.05, 0.1) is 11.8 Å². The van der Waals surface area contributed by atoms with Crippen LogP contribution in [0.15, 0.2) is 54.9 Å². The SMILES string of the molecule is Cc1cc2c(cc1-c1ccc(NC(=O)c3ccncc3F)cc1)OC(F)(F)O2. The highest BCUT2D eigenvalue weighted by Crippen LogP contribution is 2.44. The fourth-order valence-corrected chi connectivity index (χ4v) is 2.90. The van der Waals surface area contributed by atoms with Gasteiger partial charge in [-0.05, 0) is 53.9 Å². The highest BCUT2D eigenvalue weighted by molar-refractivity contribution is 6.04. The minimum absolute atomic E-state index is 0.0190. The first-order chi connectivity index (χ1) is 13.3. The van der Waals surface area contributed by atoms with E-state index in [2.05, 4.69) is 19.8 Å².